The molecule has 1 aromatic heterocycles. The van der Waals surface area contributed by atoms with Crippen LogP contribution in [0.5, 0.6) is 0 Å². The molecular formula is C12H23N3. The van der Waals surface area contributed by atoms with Crippen LogP contribution in [0.2, 0.25) is 0 Å². The molecule has 0 amide bonds. The highest BCUT2D eigenvalue weighted by Crippen LogP contribution is 2.25. The number of nitrogens with one attached hydrogen (secondary N) is 1. The van der Waals surface area contributed by atoms with Crippen molar-refractivity contribution in [2.45, 2.75) is 47.1 Å². The van der Waals surface area contributed by atoms with E-state index in [-0.39, 0.29) is 0 Å². The molecule has 0 saturated heterocycles. The van der Waals surface area contributed by atoms with Crippen molar-refractivity contribution in [1.82, 2.24) is 9.55 Å². The lowest BCUT2D eigenvalue weighted by molar-refractivity contribution is 0.369. The smallest absolute Gasteiger partial charge is 0.203 e. The summed E-state index contributed by atoms with van der Waals surface area (Å²) < 4.78 is 2.28. The van der Waals surface area contributed by atoms with Crippen LogP contribution in [-0.2, 0) is 0 Å². The lowest BCUT2D eigenvalue weighted by Crippen LogP contribution is -2.16. The van der Waals surface area contributed by atoms with Crippen molar-refractivity contribution in [2.75, 3.05) is 11.9 Å². The second kappa shape index (κ2) is 5.19. The summed E-state index contributed by atoms with van der Waals surface area (Å²) in [5, 5.41) is 3.32. The first-order valence-electron chi connectivity index (χ1n) is 5.89. The molecular weight excluding hydrogens is 186 g/mol. The van der Waals surface area contributed by atoms with Crippen molar-refractivity contribution in [3.8, 4) is 0 Å². The summed E-state index contributed by atoms with van der Waals surface area (Å²) >= 11 is 0. The fourth-order valence-corrected chi connectivity index (χ4v) is 2.05. The second-order valence-corrected chi connectivity index (χ2v) is 4.36. The molecule has 1 N–H and O–H groups in total. The number of aryl methyl sites for hydroxylation is 1. The molecule has 1 unspecified atom stereocenters. The van der Waals surface area contributed by atoms with Crippen LogP contribution < -0.4 is 5.32 Å². The first kappa shape index (κ1) is 12.1. The maximum Gasteiger partial charge on any atom is 0.203 e. The van der Waals surface area contributed by atoms with E-state index in [4.69, 9.17) is 0 Å². The maximum atomic E-state index is 4.50. The SMILES string of the molecule is CCNc1nc(C)cn1C(CC)C(C)C. The van der Waals surface area contributed by atoms with Crippen LogP contribution in [0.15, 0.2) is 6.20 Å². The van der Waals surface area contributed by atoms with Crippen LogP contribution >= 0.6 is 0 Å². The molecule has 0 spiro atoms. The van der Waals surface area contributed by atoms with Gasteiger partial charge >= 0.3 is 0 Å². The molecule has 0 aliphatic rings. The highest BCUT2D eigenvalue weighted by atomic mass is 15.2. The topological polar surface area (TPSA) is 29.9 Å². The number of nitrogens with zero attached hydrogens (tertiary/aromatic N) is 2. The average molecular weight is 209 g/mol. The van der Waals surface area contributed by atoms with Gasteiger partial charge in [-0.1, -0.05) is 20.8 Å². The summed E-state index contributed by atoms with van der Waals surface area (Å²) in [6.07, 6.45) is 3.29. The van der Waals surface area contributed by atoms with E-state index in [1.807, 2.05) is 6.92 Å². The molecule has 0 saturated carbocycles. The van der Waals surface area contributed by atoms with Crippen molar-refractivity contribution in [3.05, 3.63) is 11.9 Å². The van der Waals surface area contributed by atoms with Gasteiger partial charge in [-0.2, -0.15) is 0 Å². The van der Waals surface area contributed by atoms with E-state index in [0.29, 0.717) is 12.0 Å². The molecule has 15 heavy (non-hydrogen) atoms. The molecule has 1 rings (SSSR count). The Morgan fingerprint density at radius 1 is 1.40 bits per heavy atom. The Morgan fingerprint density at radius 2 is 2.07 bits per heavy atom. The number of aromatic nitrogens is 2. The van der Waals surface area contributed by atoms with Gasteiger partial charge in [-0.25, -0.2) is 4.98 Å². The first-order valence-corrected chi connectivity index (χ1v) is 5.89. The maximum absolute atomic E-state index is 4.50. The first-order chi connectivity index (χ1) is 7.10. The summed E-state index contributed by atoms with van der Waals surface area (Å²) in [4.78, 5) is 4.50. The highest BCUT2D eigenvalue weighted by molar-refractivity contribution is 5.29. The molecule has 1 heterocycles. The van der Waals surface area contributed by atoms with Crippen molar-refractivity contribution in [2.24, 2.45) is 5.92 Å². The van der Waals surface area contributed by atoms with E-state index in [1.54, 1.807) is 0 Å². The van der Waals surface area contributed by atoms with Gasteiger partial charge in [0.2, 0.25) is 5.95 Å². The number of rotatable bonds is 5. The fraction of sp³-hybridized carbons (Fsp3) is 0.750. The zero-order valence-corrected chi connectivity index (χ0v) is 10.5. The van der Waals surface area contributed by atoms with E-state index < -0.39 is 0 Å². The van der Waals surface area contributed by atoms with Crippen LogP contribution in [0.1, 0.15) is 45.9 Å². The van der Waals surface area contributed by atoms with Crippen molar-refractivity contribution >= 4 is 5.95 Å². The standard InChI is InChI=1S/C12H23N3/c1-6-11(9(3)4)15-8-10(5)14-12(15)13-7-2/h8-9,11H,6-7H2,1-5H3,(H,13,14). The largest absolute Gasteiger partial charge is 0.356 e. The van der Waals surface area contributed by atoms with E-state index in [2.05, 4.69) is 48.8 Å². The molecule has 0 aliphatic heterocycles. The normalized spacial score (nSPS) is 13.2. The zero-order valence-electron chi connectivity index (χ0n) is 10.5. The molecule has 0 aliphatic carbocycles. The van der Waals surface area contributed by atoms with Crippen molar-refractivity contribution in [1.29, 1.82) is 0 Å². The monoisotopic (exact) mass is 209 g/mol. The van der Waals surface area contributed by atoms with E-state index in [0.717, 1.165) is 24.6 Å². The minimum Gasteiger partial charge on any atom is -0.356 e. The molecule has 86 valence electrons. The van der Waals surface area contributed by atoms with Gasteiger partial charge in [-0.3, -0.25) is 0 Å². The number of hydrogen-bond donors (Lipinski definition) is 1. The quantitative estimate of drug-likeness (QED) is 0.807. The Bertz CT molecular complexity index is 302. The van der Waals surface area contributed by atoms with Gasteiger partial charge in [0.05, 0.1) is 5.69 Å². The van der Waals surface area contributed by atoms with E-state index in [9.17, 15) is 0 Å². The lowest BCUT2D eigenvalue weighted by atomic mass is 10.0. The van der Waals surface area contributed by atoms with Gasteiger partial charge in [0.25, 0.3) is 0 Å². The number of imidazole rings is 1. The number of anilines is 1. The molecule has 1 atom stereocenters. The zero-order chi connectivity index (χ0) is 11.4. The highest BCUT2D eigenvalue weighted by Gasteiger charge is 2.16. The van der Waals surface area contributed by atoms with Crippen LogP contribution in [0.3, 0.4) is 0 Å². The van der Waals surface area contributed by atoms with E-state index >= 15 is 0 Å². The van der Waals surface area contributed by atoms with Crippen LogP contribution in [0.4, 0.5) is 5.95 Å². The molecule has 0 radical (unpaired) electrons. The average Bonchev–Trinajstić information content (AvgIpc) is 2.48. The van der Waals surface area contributed by atoms with Crippen molar-refractivity contribution < 1.29 is 0 Å². The Labute approximate surface area is 92.9 Å². The van der Waals surface area contributed by atoms with Crippen LogP contribution in [0.25, 0.3) is 0 Å². The van der Waals surface area contributed by atoms with Gasteiger partial charge in [0.1, 0.15) is 0 Å². The Kier molecular flexibility index (Phi) is 4.18. The minimum atomic E-state index is 0.542. The van der Waals surface area contributed by atoms with E-state index in [1.165, 1.54) is 0 Å². The predicted molar refractivity (Wildman–Crippen MR) is 65.3 cm³/mol. The third-order valence-electron chi connectivity index (χ3n) is 2.73. The third kappa shape index (κ3) is 2.74. The molecule has 3 heteroatoms. The summed E-state index contributed by atoms with van der Waals surface area (Å²) in [6, 6.07) is 0.542. The minimum absolute atomic E-state index is 0.542. The van der Waals surface area contributed by atoms with Gasteiger partial charge < -0.3 is 9.88 Å². The van der Waals surface area contributed by atoms with Gasteiger partial charge in [-0.15, -0.1) is 0 Å². The predicted octanol–water partition coefficient (Wildman–Crippen LogP) is 3.23. The lowest BCUT2D eigenvalue weighted by Gasteiger charge is -2.22. The number of hydrogen-bond acceptors (Lipinski definition) is 2. The Balaban J connectivity index is 2.99. The Morgan fingerprint density at radius 3 is 2.53 bits per heavy atom. The molecule has 0 aromatic carbocycles. The van der Waals surface area contributed by atoms with Crippen LogP contribution in [-0.4, -0.2) is 16.1 Å². The van der Waals surface area contributed by atoms with Crippen molar-refractivity contribution in [3.63, 3.8) is 0 Å². The summed E-state index contributed by atoms with van der Waals surface area (Å²) in [6.45, 7) is 11.8. The molecule has 3 nitrogen and oxygen atoms in total. The summed E-state index contributed by atoms with van der Waals surface area (Å²) in [7, 11) is 0. The third-order valence-corrected chi connectivity index (χ3v) is 2.73. The van der Waals surface area contributed by atoms with Crippen LogP contribution in [0, 0.1) is 12.8 Å². The Hall–Kier alpha value is -0.990. The second-order valence-electron chi connectivity index (χ2n) is 4.36. The van der Waals surface area contributed by atoms with Gasteiger partial charge in [0, 0.05) is 18.8 Å². The fourth-order valence-electron chi connectivity index (χ4n) is 2.05. The molecule has 1 aromatic rings. The molecule has 0 bridgehead atoms. The summed E-state index contributed by atoms with van der Waals surface area (Å²) in [5.74, 6) is 1.65. The summed E-state index contributed by atoms with van der Waals surface area (Å²) in [5.41, 5.74) is 1.09. The van der Waals surface area contributed by atoms with Gasteiger partial charge in [-0.05, 0) is 26.2 Å². The molecule has 0 fully saturated rings. The van der Waals surface area contributed by atoms with Gasteiger partial charge in [0.15, 0.2) is 0 Å².